The van der Waals surface area contributed by atoms with Crippen LogP contribution in [0.15, 0.2) is 18.3 Å². The first kappa shape index (κ1) is 14.5. The quantitative estimate of drug-likeness (QED) is 0.817. The summed E-state index contributed by atoms with van der Waals surface area (Å²) in [5.41, 5.74) is 2.68. The Balaban J connectivity index is 2.38. The smallest absolute Gasteiger partial charge is 0.0665 e. The molecule has 0 spiro atoms. The molecule has 0 radical (unpaired) electrons. The lowest BCUT2D eigenvalue weighted by Gasteiger charge is -2.45. The first-order valence-electron chi connectivity index (χ1n) is 7.20. The molecular weight excluding hydrogens is 236 g/mol. The molecule has 3 nitrogen and oxygen atoms in total. The Morgan fingerprint density at radius 3 is 2.74 bits per heavy atom. The van der Waals surface area contributed by atoms with Gasteiger partial charge in [-0.1, -0.05) is 19.9 Å². The third-order valence-electron chi connectivity index (χ3n) is 3.77. The van der Waals surface area contributed by atoms with Gasteiger partial charge in [0.05, 0.1) is 19.3 Å². The zero-order valence-electron chi connectivity index (χ0n) is 12.8. The van der Waals surface area contributed by atoms with E-state index >= 15 is 0 Å². The zero-order valence-corrected chi connectivity index (χ0v) is 12.8. The Bertz CT molecular complexity index is 423. The second-order valence-corrected chi connectivity index (χ2v) is 6.59. The molecule has 106 valence electrons. The highest BCUT2D eigenvalue weighted by Gasteiger charge is 2.34. The summed E-state index contributed by atoms with van der Waals surface area (Å²) < 4.78 is 5.73. The minimum atomic E-state index is 0.151. The van der Waals surface area contributed by atoms with E-state index in [1.807, 2.05) is 12.3 Å². The second-order valence-electron chi connectivity index (χ2n) is 6.59. The van der Waals surface area contributed by atoms with Gasteiger partial charge < -0.3 is 4.74 Å². The summed E-state index contributed by atoms with van der Waals surface area (Å²) in [7, 11) is 0. The van der Waals surface area contributed by atoms with Gasteiger partial charge in [-0.2, -0.15) is 0 Å². The number of aromatic nitrogens is 1. The molecule has 0 aromatic carbocycles. The van der Waals surface area contributed by atoms with Crippen molar-refractivity contribution in [1.29, 1.82) is 0 Å². The fourth-order valence-corrected chi connectivity index (χ4v) is 2.86. The Hall–Kier alpha value is -0.930. The number of rotatable bonds is 2. The van der Waals surface area contributed by atoms with Crippen molar-refractivity contribution in [3.63, 3.8) is 0 Å². The SMILES string of the molecule is CC(C)c1ncccc1C1COCCN1C(C)(C)C. The van der Waals surface area contributed by atoms with Gasteiger partial charge in [0.1, 0.15) is 0 Å². The highest BCUT2D eigenvalue weighted by Crippen LogP contribution is 2.33. The van der Waals surface area contributed by atoms with Crippen LogP contribution in [0.3, 0.4) is 0 Å². The largest absolute Gasteiger partial charge is 0.378 e. The fraction of sp³-hybridized carbons (Fsp3) is 0.688. The molecule has 0 amide bonds. The molecule has 1 unspecified atom stereocenters. The van der Waals surface area contributed by atoms with E-state index in [4.69, 9.17) is 4.74 Å². The Labute approximate surface area is 117 Å². The predicted octanol–water partition coefficient (Wildman–Crippen LogP) is 3.38. The molecule has 3 heteroatoms. The maximum absolute atomic E-state index is 5.73. The van der Waals surface area contributed by atoms with Crippen LogP contribution in [0.5, 0.6) is 0 Å². The second kappa shape index (κ2) is 5.59. The van der Waals surface area contributed by atoms with Crippen molar-refractivity contribution in [2.75, 3.05) is 19.8 Å². The molecule has 1 fully saturated rings. The van der Waals surface area contributed by atoms with E-state index in [-0.39, 0.29) is 5.54 Å². The van der Waals surface area contributed by atoms with Gasteiger partial charge in [-0.25, -0.2) is 0 Å². The highest BCUT2D eigenvalue weighted by atomic mass is 16.5. The maximum Gasteiger partial charge on any atom is 0.0665 e. The molecule has 2 rings (SSSR count). The topological polar surface area (TPSA) is 25.4 Å². The Morgan fingerprint density at radius 2 is 2.11 bits per heavy atom. The van der Waals surface area contributed by atoms with Gasteiger partial charge in [0.25, 0.3) is 0 Å². The number of morpholine rings is 1. The van der Waals surface area contributed by atoms with Crippen LogP contribution in [0.2, 0.25) is 0 Å². The minimum Gasteiger partial charge on any atom is -0.378 e. The molecule has 1 aromatic heterocycles. The van der Waals surface area contributed by atoms with Gasteiger partial charge in [-0.15, -0.1) is 0 Å². The Kier molecular flexibility index (Phi) is 4.26. The number of hydrogen-bond acceptors (Lipinski definition) is 3. The summed E-state index contributed by atoms with van der Waals surface area (Å²) in [6.45, 7) is 13.8. The van der Waals surface area contributed by atoms with Gasteiger partial charge in [-0.05, 0) is 38.3 Å². The van der Waals surface area contributed by atoms with E-state index in [9.17, 15) is 0 Å². The average molecular weight is 262 g/mol. The zero-order chi connectivity index (χ0) is 14.0. The van der Waals surface area contributed by atoms with E-state index in [1.165, 1.54) is 11.3 Å². The molecule has 2 heterocycles. The molecule has 19 heavy (non-hydrogen) atoms. The number of pyridine rings is 1. The summed E-state index contributed by atoms with van der Waals surface area (Å²) in [5.74, 6) is 0.444. The number of ether oxygens (including phenoxy) is 1. The first-order valence-corrected chi connectivity index (χ1v) is 7.20. The van der Waals surface area contributed by atoms with Crippen molar-refractivity contribution >= 4 is 0 Å². The minimum absolute atomic E-state index is 0.151. The van der Waals surface area contributed by atoms with E-state index < -0.39 is 0 Å². The van der Waals surface area contributed by atoms with E-state index in [0.717, 1.165) is 19.8 Å². The first-order chi connectivity index (χ1) is 8.91. The summed E-state index contributed by atoms with van der Waals surface area (Å²) in [4.78, 5) is 7.13. The number of hydrogen-bond donors (Lipinski definition) is 0. The van der Waals surface area contributed by atoms with Crippen LogP contribution < -0.4 is 0 Å². The molecule has 0 aliphatic carbocycles. The molecule has 1 aliphatic rings. The van der Waals surface area contributed by atoms with E-state index in [1.54, 1.807) is 0 Å². The predicted molar refractivity (Wildman–Crippen MR) is 78.3 cm³/mol. The third kappa shape index (κ3) is 3.15. The molecule has 1 aliphatic heterocycles. The monoisotopic (exact) mass is 262 g/mol. The molecule has 0 saturated carbocycles. The summed E-state index contributed by atoms with van der Waals surface area (Å²) in [5, 5.41) is 0. The fourth-order valence-electron chi connectivity index (χ4n) is 2.86. The standard InChI is InChI=1S/C16H26N2O/c1-12(2)15-13(7-6-8-17-15)14-11-19-10-9-18(14)16(3,4)5/h6-8,12,14H,9-11H2,1-5H3. The van der Waals surface area contributed by atoms with Crippen LogP contribution in [0.1, 0.15) is 57.8 Å². The summed E-state index contributed by atoms with van der Waals surface area (Å²) in [6.07, 6.45) is 1.89. The lowest BCUT2D eigenvalue weighted by molar-refractivity contribution is -0.0510. The van der Waals surface area contributed by atoms with E-state index in [0.29, 0.717) is 12.0 Å². The van der Waals surface area contributed by atoms with Crippen LogP contribution in [0.4, 0.5) is 0 Å². The maximum atomic E-state index is 5.73. The van der Waals surface area contributed by atoms with Crippen LogP contribution in [0.25, 0.3) is 0 Å². The van der Waals surface area contributed by atoms with Crippen LogP contribution in [-0.4, -0.2) is 35.2 Å². The van der Waals surface area contributed by atoms with E-state index in [2.05, 4.69) is 50.6 Å². The van der Waals surface area contributed by atoms with Crippen molar-refractivity contribution in [2.45, 2.75) is 52.1 Å². The molecule has 0 bridgehead atoms. The third-order valence-corrected chi connectivity index (χ3v) is 3.77. The van der Waals surface area contributed by atoms with Gasteiger partial charge in [0, 0.05) is 24.0 Å². The molecule has 0 N–H and O–H groups in total. The summed E-state index contributed by atoms with van der Waals surface area (Å²) in [6, 6.07) is 4.57. The van der Waals surface area contributed by atoms with Crippen LogP contribution in [0, 0.1) is 0 Å². The molecular formula is C16H26N2O. The van der Waals surface area contributed by atoms with Crippen molar-refractivity contribution in [3.05, 3.63) is 29.6 Å². The normalized spacial score (nSPS) is 21.9. The Morgan fingerprint density at radius 1 is 1.37 bits per heavy atom. The van der Waals surface area contributed by atoms with Gasteiger partial charge in [0.15, 0.2) is 0 Å². The molecule has 1 atom stereocenters. The van der Waals surface area contributed by atoms with Crippen LogP contribution >= 0.6 is 0 Å². The van der Waals surface area contributed by atoms with Gasteiger partial charge >= 0.3 is 0 Å². The van der Waals surface area contributed by atoms with Gasteiger partial charge in [-0.3, -0.25) is 9.88 Å². The average Bonchev–Trinajstić information content (AvgIpc) is 2.37. The van der Waals surface area contributed by atoms with Crippen LogP contribution in [-0.2, 0) is 4.74 Å². The molecule has 1 saturated heterocycles. The van der Waals surface area contributed by atoms with Crippen molar-refractivity contribution in [3.8, 4) is 0 Å². The lowest BCUT2D eigenvalue weighted by Crippen LogP contribution is -2.50. The van der Waals surface area contributed by atoms with Crippen molar-refractivity contribution in [1.82, 2.24) is 9.88 Å². The van der Waals surface area contributed by atoms with Crippen molar-refractivity contribution in [2.24, 2.45) is 0 Å². The summed E-state index contributed by atoms with van der Waals surface area (Å²) >= 11 is 0. The lowest BCUT2D eigenvalue weighted by atomic mass is 9.93. The van der Waals surface area contributed by atoms with Crippen molar-refractivity contribution < 1.29 is 4.74 Å². The highest BCUT2D eigenvalue weighted by molar-refractivity contribution is 5.27. The molecule has 1 aromatic rings. The van der Waals surface area contributed by atoms with Gasteiger partial charge in [0.2, 0.25) is 0 Å². The number of nitrogens with zero attached hydrogens (tertiary/aromatic N) is 2.